The molecule has 0 spiro atoms. The number of allylic oxidation sites excluding steroid dienone is 2. The Morgan fingerprint density at radius 2 is 1.38 bits per heavy atom. The summed E-state index contributed by atoms with van der Waals surface area (Å²) in [5, 5.41) is 0. The molecule has 4 rings (SSSR count). The van der Waals surface area contributed by atoms with Crippen LogP contribution in [0.1, 0.15) is 5.56 Å². The molecule has 10 radical (unpaired) electrons. The summed E-state index contributed by atoms with van der Waals surface area (Å²) in [6.45, 7) is 0. The number of hydrogen-bond donors (Lipinski definition) is 0. The Morgan fingerprint density at radius 3 is 1.96 bits per heavy atom. The van der Waals surface area contributed by atoms with Gasteiger partial charge in [-0.25, -0.2) is 4.79 Å². The molecule has 0 saturated heterocycles. The third kappa shape index (κ3) is 5.36. The molecule has 2 aliphatic carbocycles. The van der Waals surface area contributed by atoms with E-state index in [2.05, 4.69) is 0 Å². The Kier molecular flexibility index (Phi) is 7.81. The van der Waals surface area contributed by atoms with Gasteiger partial charge >= 0.3 is 23.0 Å². The standard InChI is InChI=1S/C16H11O2.C5H5.Fe/c17-16-11-14(13-8-2-1-3-9-13)15(18-16)10-12-6-4-5-7-12;1-2-4-5-3-1;/h1-11H;1-5H;/q;;+2/b15-10-;;. The van der Waals surface area contributed by atoms with Gasteiger partial charge in [0, 0.05) is 17.6 Å². The summed E-state index contributed by atoms with van der Waals surface area (Å²) in [5.74, 6) is 1.32. The molecule has 0 unspecified atom stereocenters. The number of carbonyl (C=O) groups is 1. The molecule has 118 valence electrons. The molecule has 0 bridgehead atoms. The van der Waals surface area contributed by atoms with E-state index in [-0.39, 0.29) is 23.0 Å². The van der Waals surface area contributed by atoms with Crippen LogP contribution in [0, 0.1) is 63.7 Å². The fraction of sp³-hybridized carbons (Fsp3) is 0. The second kappa shape index (κ2) is 9.86. The van der Waals surface area contributed by atoms with Crippen molar-refractivity contribution in [2.24, 2.45) is 0 Å². The first-order valence-electron chi connectivity index (χ1n) is 7.42. The van der Waals surface area contributed by atoms with Crippen LogP contribution in [-0.2, 0) is 26.6 Å². The first-order valence-corrected chi connectivity index (χ1v) is 7.42. The van der Waals surface area contributed by atoms with E-state index in [9.17, 15) is 4.79 Å². The van der Waals surface area contributed by atoms with E-state index < -0.39 is 0 Å². The van der Waals surface area contributed by atoms with Gasteiger partial charge in [-0.3, -0.25) is 0 Å². The van der Waals surface area contributed by atoms with Gasteiger partial charge < -0.3 is 4.74 Å². The number of cyclic esters (lactones) is 1. The number of esters is 1. The summed E-state index contributed by atoms with van der Waals surface area (Å²) in [5.41, 5.74) is 1.82. The van der Waals surface area contributed by atoms with Gasteiger partial charge in [0.25, 0.3) is 0 Å². The molecule has 3 aliphatic rings. The van der Waals surface area contributed by atoms with E-state index in [4.69, 9.17) is 4.74 Å². The quantitative estimate of drug-likeness (QED) is 0.593. The third-order valence-corrected chi connectivity index (χ3v) is 3.36. The van der Waals surface area contributed by atoms with Gasteiger partial charge in [0.1, 0.15) is 5.76 Å². The summed E-state index contributed by atoms with van der Waals surface area (Å²) < 4.78 is 5.23. The summed E-state index contributed by atoms with van der Waals surface area (Å²) in [7, 11) is 0. The number of benzene rings is 1. The summed E-state index contributed by atoms with van der Waals surface area (Å²) in [6.07, 6.45) is 21.3. The molecule has 1 aromatic carbocycles. The predicted octanol–water partition coefficient (Wildman–Crippen LogP) is 3.93. The summed E-state index contributed by atoms with van der Waals surface area (Å²) in [4.78, 5) is 11.4. The van der Waals surface area contributed by atoms with E-state index in [0.717, 1.165) is 17.1 Å². The Balaban J connectivity index is 0.000000300. The minimum atomic E-state index is -0.313. The average molecular weight is 356 g/mol. The van der Waals surface area contributed by atoms with Crippen molar-refractivity contribution in [3.8, 4) is 0 Å². The van der Waals surface area contributed by atoms with Crippen molar-refractivity contribution in [1.29, 1.82) is 0 Å². The van der Waals surface area contributed by atoms with E-state index >= 15 is 0 Å². The monoisotopic (exact) mass is 356 g/mol. The molecule has 2 saturated carbocycles. The van der Waals surface area contributed by atoms with Gasteiger partial charge in [0.2, 0.25) is 0 Å². The number of hydrogen-bond acceptors (Lipinski definition) is 2. The minimum absolute atomic E-state index is 0. The average Bonchev–Trinajstić information content (AvgIpc) is 3.32. The van der Waals surface area contributed by atoms with Gasteiger partial charge in [-0.1, -0.05) is 30.3 Å². The van der Waals surface area contributed by atoms with Gasteiger partial charge in [0.15, 0.2) is 0 Å². The first kappa shape index (κ1) is 19.0. The molecule has 1 heterocycles. The number of ether oxygens (including phenoxy) is 1. The molecular weight excluding hydrogens is 340 g/mol. The second-order valence-corrected chi connectivity index (χ2v) is 5.03. The molecule has 0 N–H and O–H groups in total. The van der Waals surface area contributed by atoms with Crippen LogP contribution in [0.15, 0.2) is 48.2 Å². The van der Waals surface area contributed by atoms with Crippen molar-refractivity contribution >= 4 is 11.5 Å². The van der Waals surface area contributed by atoms with Crippen molar-refractivity contribution in [3.63, 3.8) is 0 Å². The zero-order chi connectivity index (χ0) is 15.9. The Hall–Kier alpha value is -1.31. The zero-order valence-electron chi connectivity index (χ0n) is 12.9. The smallest absolute Gasteiger partial charge is 0.423 e. The Bertz CT molecular complexity index is 572. The second-order valence-electron chi connectivity index (χ2n) is 5.03. The van der Waals surface area contributed by atoms with Crippen molar-refractivity contribution < 1.29 is 26.6 Å². The zero-order valence-corrected chi connectivity index (χ0v) is 14.0. The van der Waals surface area contributed by atoms with Crippen molar-refractivity contribution in [3.05, 3.63) is 118 Å². The van der Waals surface area contributed by atoms with Gasteiger partial charge in [-0.15, -0.1) is 0 Å². The van der Waals surface area contributed by atoms with E-state index in [1.165, 1.54) is 6.08 Å². The van der Waals surface area contributed by atoms with Crippen LogP contribution >= 0.6 is 0 Å². The molecule has 2 nitrogen and oxygen atoms in total. The summed E-state index contributed by atoms with van der Waals surface area (Å²) >= 11 is 0. The molecular formula is C21H16FeO2+2. The number of rotatable bonds is 2. The van der Waals surface area contributed by atoms with Crippen molar-refractivity contribution in [2.75, 3.05) is 0 Å². The van der Waals surface area contributed by atoms with Crippen LogP contribution in [0.4, 0.5) is 0 Å². The van der Waals surface area contributed by atoms with Crippen LogP contribution in [0.2, 0.25) is 0 Å². The molecule has 0 amide bonds. The summed E-state index contributed by atoms with van der Waals surface area (Å²) in [6, 6.07) is 9.76. The maximum atomic E-state index is 11.4. The molecule has 3 heteroatoms. The van der Waals surface area contributed by atoms with Crippen LogP contribution in [0.25, 0.3) is 5.57 Å². The van der Waals surface area contributed by atoms with E-state index in [0.29, 0.717) is 5.76 Å². The molecule has 0 atom stereocenters. The van der Waals surface area contributed by atoms with Crippen LogP contribution in [0.5, 0.6) is 0 Å². The van der Waals surface area contributed by atoms with Gasteiger partial charge in [0.05, 0.1) is 0 Å². The van der Waals surface area contributed by atoms with Crippen LogP contribution in [0.3, 0.4) is 0 Å². The Labute approximate surface area is 155 Å². The normalized spacial score (nSPS) is 21.8. The van der Waals surface area contributed by atoms with Crippen LogP contribution < -0.4 is 0 Å². The van der Waals surface area contributed by atoms with E-state index in [1.54, 1.807) is 0 Å². The number of carbonyl (C=O) groups excluding carboxylic acids is 1. The fourth-order valence-corrected chi connectivity index (χ4v) is 2.29. The predicted molar refractivity (Wildman–Crippen MR) is 90.5 cm³/mol. The van der Waals surface area contributed by atoms with Crippen molar-refractivity contribution in [2.45, 2.75) is 0 Å². The Morgan fingerprint density at radius 1 is 0.792 bits per heavy atom. The maximum Gasteiger partial charge on any atom is 2.00 e. The minimum Gasteiger partial charge on any atom is -0.423 e. The third-order valence-electron chi connectivity index (χ3n) is 3.36. The largest absolute Gasteiger partial charge is 2.00 e. The maximum absolute atomic E-state index is 11.4. The van der Waals surface area contributed by atoms with Crippen molar-refractivity contribution in [1.82, 2.24) is 0 Å². The SMILES string of the molecule is O=C1C=C(c2ccccc2)/C(=C/[C]2[CH][CH][CH][CH]2)O1.[CH]1[CH][CH][CH][CH]1.[Fe+2]. The van der Waals surface area contributed by atoms with Gasteiger partial charge in [-0.05, 0) is 69.4 Å². The topological polar surface area (TPSA) is 26.3 Å². The first-order chi connectivity index (χ1) is 11.3. The van der Waals surface area contributed by atoms with E-state index in [1.807, 2.05) is 94.2 Å². The molecule has 24 heavy (non-hydrogen) atoms. The van der Waals surface area contributed by atoms with Crippen LogP contribution in [-0.4, -0.2) is 5.97 Å². The molecule has 2 fully saturated rings. The molecule has 0 aromatic heterocycles. The molecule has 1 aromatic rings. The molecule has 1 aliphatic heterocycles. The van der Waals surface area contributed by atoms with Gasteiger partial charge in [-0.2, -0.15) is 0 Å². The fourth-order valence-electron chi connectivity index (χ4n) is 2.29.